The lowest BCUT2D eigenvalue weighted by Crippen LogP contribution is -2.12. The minimum Gasteiger partial charge on any atom is -0.326 e. The monoisotopic (exact) mass is 259 g/mol. The van der Waals surface area contributed by atoms with E-state index in [9.17, 15) is 4.79 Å². The second-order valence-corrected chi connectivity index (χ2v) is 4.61. The Kier molecular flexibility index (Phi) is 4.72. The van der Waals surface area contributed by atoms with Crippen molar-refractivity contribution in [2.45, 2.75) is 11.6 Å². The second kappa shape index (κ2) is 6.76. The fraction of sp³-hybridized carbons (Fsp3) is 0.154. The Morgan fingerprint density at radius 1 is 1.11 bits per heavy atom. The lowest BCUT2D eigenvalue weighted by atomic mass is 10.3. The molecule has 2 aromatic rings. The van der Waals surface area contributed by atoms with Gasteiger partial charge in [0.05, 0.1) is 0 Å². The molecule has 1 N–H and O–H groups in total. The number of carbonyl (C=O) groups excluding carboxylic acids is 1. The van der Waals surface area contributed by atoms with Crippen molar-refractivity contribution in [3.8, 4) is 0 Å². The third-order valence-electron chi connectivity index (χ3n) is 2.16. The van der Waals surface area contributed by atoms with Gasteiger partial charge in [0.2, 0.25) is 5.91 Å². The van der Waals surface area contributed by atoms with Crippen molar-refractivity contribution >= 4 is 23.4 Å². The zero-order chi connectivity index (χ0) is 12.6. The van der Waals surface area contributed by atoms with Crippen molar-refractivity contribution in [1.82, 2.24) is 9.97 Å². The van der Waals surface area contributed by atoms with Gasteiger partial charge in [-0.3, -0.25) is 4.79 Å². The number of nitrogens with zero attached hydrogens (tertiary/aromatic N) is 2. The molecule has 0 atom stereocenters. The molecule has 5 heteroatoms. The van der Waals surface area contributed by atoms with Crippen LogP contribution in [0.25, 0.3) is 0 Å². The maximum absolute atomic E-state index is 11.6. The first-order chi connectivity index (χ1) is 8.84. The van der Waals surface area contributed by atoms with Gasteiger partial charge < -0.3 is 5.32 Å². The smallest absolute Gasteiger partial charge is 0.225 e. The van der Waals surface area contributed by atoms with E-state index in [0.717, 1.165) is 5.69 Å². The predicted molar refractivity (Wildman–Crippen MR) is 72.4 cm³/mol. The van der Waals surface area contributed by atoms with Crippen LogP contribution in [0, 0.1) is 0 Å². The molecule has 0 saturated carbocycles. The molecule has 2 rings (SSSR count). The normalized spacial score (nSPS) is 10.0. The van der Waals surface area contributed by atoms with E-state index in [-0.39, 0.29) is 5.91 Å². The minimum atomic E-state index is 0.00429. The molecule has 0 radical (unpaired) electrons. The van der Waals surface area contributed by atoms with Crippen LogP contribution in [0.5, 0.6) is 0 Å². The molecule has 0 aliphatic heterocycles. The molecule has 1 amide bonds. The average molecular weight is 259 g/mol. The summed E-state index contributed by atoms with van der Waals surface area (Å²) < 4.78 is 0. The molecule has 0 saturated heterocycles. The Balaban J connectivity index is 1.73. The van der Waals surface area contributed by atoms with E-state index in [1.165, 1.54) is 11.8 Å². The lowest BCUT2D eigenvalue weighted by Gasteiger charge is -2.04. The molecule has 1 aromatic heterocycles. The van der Waals surface area contributed by atoms with Crippen molar-refractivity contribution in [2.24, 2.45) is 0 Å². The van der Waals surface area contributed by atoms with Crippen LogP contribution in [0.2, 0.25) is 0 Å². The first-order valence-corrected chi connectivity index (χ1v) is 6.58. The van der Waals surface area contributed by atoms with Crippen molar-refractivity contribution in [2.75, 3.05) is 11.1 Å². The zero-order valence-electron chi connectivity index (χ0n) is 9.74. The molecule has 0 spiro atoms. The predicted octanol–water partition coefficient (Wildman–Crippen LogP) is 2.60. The largest absolute Gasteiger partial charge is 0.326 e. The highest BCUT2D eigenvalue weighted by atomic mass is 32.2. The molecule has 0 aliphatic rings. The summed E-state index contributed by atoms with van der Waals surface area (Å²) in [7, 11) is 0. The number of carbonyl (C=O) groups is 1. The van der Waals surface area contributed by atoms with E-state index in [2.05, 4.69) is 15.3 Å². The van der Waals surface area contributed by atoms with E-state index in [1.807, 2.05) is 30.3 Å². The molecule has 18 heavy (non-hydrogen) atoms. The summed E-state index contributed by atoms with van der Waals surface area (Å²) in [4.78, 5) is 19.8. The SMILES string of the molecule is O=C(CCSc1ncccn1)Nc1ccccc1. The van der Waals surface area contributed by atoms with Crippen molar-refractivity contribution in [3.05, 3.63) is 48.8 Å². The molecule has 92 valence electrons. The molecule has 0 aliphatic carbocycles. The second-order valence-electron chi connectivity index (χ2n) is 3.54. The van der Waals surface area contributed by atoms with Gasteiger partial charge in [0.25, 0.3) is 0 Å². The first kappa shape index (κ1) is 12.6. The van der Waals surface area contributed by atoms with Gasteiger partial charge in [-0.1, -0.05) is 30.0 Å². The van der Waals surface area contributed by atoms with Gasteiger partial charge in [0.15, 0.2) is 5.16 Å². The number of para-hydroxylation sites is 1. The number of thioether (sulfide) groups is 1. The van der Waals surface area contributed by atoms with Gasteiger partial charge in [-0.2, -0.15) is 0 Å². The maximum Gasteiger partial charge on any atom is 0.225 e. The Labute approximate surface area is 110 Å². The number of amides is 1. The van der Waals surface area contributed by atoms with Crippen LogP contribution >= 0.6 is 11.8 Å². The Morgan fingerprint density at radius 2 is 1.83 bits per heavy atom. The zero-order valence-corrected chi connectivity index (χ0v) is 10.6. The number of anilines is 1. The highest BCUT2D eigenvalue weighted by Crippen LogP contribution is 2.13. The summed E-state index contributed by atoms with van der Waals surface area (Å²) in [5.74, 6) is 0.674. The molecule has 0 fully saturated rings. The highest BCUT2D eigenvalue weighted by molar-refractivity contribution is 7.99. The number of nitrogens with one attached hydrogen (secondary N) is 1. The van der Waals surface area contributed by atoms with E-state index in [1.54, 1.807) is 18.5 Å². The Hall–Kier alpha value is -1.88. The van der Waals surface area contributed by atoms with Crippen LogP contribution in [0.3, 0.4) is 0 Å². The van der Waals surface area contributed by atoms with Crippen LogP contribution in [-0.2, 0) is 4.79 Å². The summed E-state index contributed by atoms with van der Waals surface area (Å²) >= 11 is 1.48. The molecule has 1 aromatic carbocycles. The summed E-state index contributed by atoms with van der Waals surface area (Å²) in [5, 5.41) is 3.53. The topological polar surface area (TPSA) is 54.9 Å². The van der Waals surface area contributed by atoms with Gasteiger partial charge in [-0.15, -0.1) is 0 Å². The fourth-order valence-corrected chi connectivity index (χ4v) is 2.08. The molecule has 1 heterocycles. The number of hydrogen-bond donors (Lipinski definition) is 1. The third-order valence-corrected chi connectivity index (χ3v) is 3.04. The van der Waals surface area contributed by atoms with Gasteiger partial charge in [-0.05, 0) is 18.2 Å². The lowest BCUT2D eigenvalue weighted by molar-refractivity contribution is -0.115. The third kappa shape index (κ3) is 4.18. The number of benzene rings is 1. The van der Waals surface area contributed by atoms with E-state index in [0.29, 0.717) is 17.3 Å². The summed E-state index contributed by atoms with van der Waals surface area (Å²) in [5.41, 5.74) is 0.823. The summed E-state index contributed by atoms with van der Waals surface area (Å²) in [6.07, 6.45) is 3.83. The Morgan fingerprint density at radius 3 is 2.56 bits per heavy atom. The first-order valence-electron chi connectivity index (χ1n) is 5.59. The highest BCUT2D eigenvalue weighted by Gasteiger charge is 2.03. The maximum atomic E-state index is 11.6. The average Bonchev–Trinajstić information content (AvgIpc) is 2.41. The van der Waals surface area contributed by atoms with Gasteiger partial charge in [-0.25, -0.2) is 9.97 Å². The van der Waals surface area contributed by atoms with Crippen LogP contribution in [-0.4, -0.2) is 21.6 Å². The quantitative estimate of drug-likeness (QED) is 0.662. The standard InChI is InChI=1S/C13H13N3OS/c17-12(16-11-5-2-1-3-6-11)7-10-18-13-14-8-4-9-15-13/h1-6,8-9H,7,10H2,(H,16,17). The number of hydrogen-bond acceptors (Lipinski definition) is 4. The molecule has 0 unspecified atom stereocenters. The van der Waals surface area contributed by atoms with Crippen LogP contribution in [0.1, 0.15) is 6.42 Å². The van der Waals surface area contributed by atoms with Crippen molar-refractivity contribution in [3.63, 3.8) is 0 Å². The van der Waals surface area contributed by atoms with Crippen LogP contribution in [0.4, 0.5) is 5.69 Å². The summed E-state index contributed by atoms with van der Waals surface area (Å²) in [6.45, 7) is 0. The molecular formula is C13H13N3OS. The summed E-state index contributed by atoms with van der Waals surface area (Å²) in [6, 6.07) is 11.2. The van der Waals surface area contributed by atoms with Gasteiger partial charge in [0.1, 0.15) is 0 Å². The van der Waals surface area contributed by atoms with Crippen molar-refractivity contribution in [1.29, 1.82) is 0 Å². The van der Waals surface area contributed by atoms with Crippen molar-refractivity contribution < 1.29 is 4.79 Å². The van der Waals surface area contributed by atoms with E-state index < -0.39 is 0 Å². The molecule has 0 bridgehead atoms. The van der Waals surface area contributed by atoms with Gasteiger partial charge in [0, 0.05) is 30.3 Å². The fourth-order valence-electron chi connectivity index (χ4n) is 1.34. The number of aromatic nitrogens is 2. The van der Waals surface area contributed by atoms with E-state index in [4.69, 9.17) is 0 Å². The van der Waals surface area contributed by atoms with Gasteiger partial charge >= 0.3 is 0 Å². The van der Waals surface area contributed by atoms with Crippen LogP contribution < -0.4 is 5.32 Å². The van der Waals surface area contributed by atoms with Crippen LogP contribution in [0.15, 0.2) is 53.9 Å². The van der Waals surface area contributed by atoms with E-state index >= 15 is 0 Å². The Bertz CT molecular complexity index is 490. The minimum absolute atomic E-state index is 0.00429. The number of rotatable bonds is 5. The molecule has 4 nitrogen and oxygen atoms in total. The molecular weight excluding hydrogens is 246 g/mol.